The molecule has 2 heteroatoms. The van der Waals surface area contributed by atoms with E-state index in [1.54, 1.807) is 0 Å². The molecule has 0 aliphatic carbocycles. The highest BCUT2D eigenvalue weighted by atomic mass is 32.2. The largest absolute Gasteiger partial charge is 0.299 e. The molecule has 15 heavy (non-hydrogen) atoms. The van der Waals surface area contributed by atoms with Crippen molar-refractivity contribution in [3.63, 3.8) is 0 Å². The van der Waals surface area contributed by atoms with Gasteiger partial charge in [0.25, 0.3) is 0 Å². The standard InChI is InChI=1S/C13H22OS/c1-2-3-4-5-13(14)10-8-11-6-7-12(9-10)15-11/h10-12H,2-9H2,1H3. The molecule has 0 saturated carbocycles. The minimum atomic E-state index is 0.431. The topological polar surface area (TPSA) is 17.1 Å². The summed E-state index contributed by atoms with van der Waals surface area (Å²) in [5, 5.41) is 1.65. The van der Waals surface area contributed by atoms with Gasteiger partial charge < -0.3 is 0 Å². The molecule has 0 spiro atoms. The summed E-state index contributed by atoms with van der Waals surface area (Å²) >= 11 is 2.15. The zero-order valence-electron chi connectivity index (χ0n) is 9.71. The van der Waals surface area contributed by atoms with Gasteiger partial charge >= 0.3 is 0 Å². The number of Topliss-reactive ketones (excluding diaryl/α,β-unsaturated/α-hetero) is 1. The molecule has 2 atom stereocenters. The predicted molar refractivity (Wildman–Crippen MR) is 66.3 cm³/mol. The van der Waals surface area contributed by atoms with Crippen LogP contribution in [0.15, 0.2) is 0 Å². The lowest BCUT2D eigenvalue weighted by Crippen LogP contribution is -2.24. The van der Waals surface area contributed by atoms with Gasteiger partial charge in [-0.25, -0.2) is 0 Å². The molecule has 86 valence electrons. The van der Waals surface area contributed by atoms with Gasteiger partial charge in [-0.2, -0.15) is 11.8 Å². The van der Waals surface area contributed by atoms with Crippen molar-refractivity contribution in [3.8, 4) is 0 Å². The zero-order chi connectivity index (χ0) is 10.7. The Morgan fingerprint density at radius 1 is 1.20 bits per heavy atom. The fraction of sp³-hybridized carbons (Fsp3) is 0.923. The van der Waals surface area contributed by atoms with E-state index in [1.807, 2.05) is 0 Å². The second-order valence-corrected chi connectivity index (χ2v) is 6.65. The number of carbonyl (C=O) groups is 1. The van der Waals surface area contributed by atoms with Gasteiger partial charge in [-0.15, -0.1) is 0 Å². The first-order valence-corrected chi connectivity index (χ1v) is 7.42. The number of fused-ring (bicyclic) bond motifs is 2. The van der Waals surface area contributed by atoms with Crippen molar-refractivity contribution < 1.29 is 4.79 Å². The van der Waals surface area contributed by atoms with Crippen LogP contribution in [0.5, 0.6) is 0 Å². The van der Waals surface area contributed by atoms with E-state index in [4.69, 9.17) is 0 Å². The van der Waals surface area contributed by atoms with E-state index in [-0.39, 0.29) is 0 Å². The Morgan fingerprint density at radius 3 is 2.47 bits per heavy atom. The second-order valence-electron chi connectivity index (χ2n) is 5.05. The van der Waals surface area contributed by atoms with Crippen molar-refractivity contribution in [1.29, 1.82) is 0 Å². The van der Waals surface area contributed by atoms with Crippen LogP contribution in [0.1, 0.15) is 58.3 Å². The summed E-state index contributed by atoms with van der Waals surface area (Å²) in [4.78, 5) is 12.0. The summed E-state index contributed by atoms with van der Waals surface area (Å²) in [6, 6.07) is 0. The summed E-state index contributed by atoms with van der Waals surface area (Å²) in [5.41, 5.74) is 0. The van der Waals surface area contributed by atoms with Crippen LogP contribution in [0.3, 0.4) is 0 Å². The van der Waals surface area contributed by atoms with Crippen molar-refractivity contribution in [1.82, 2.24) is 0 Å². The Kier molecular flexibility index (Phi) is 4.13. The Labute approximate surface area is 97.4 Å². The Balaban J connectivity index is 1.76. The lowest BCUT2D eigenvalue weighted by Gasteiger charge is -2.26. The van der Waals surface area contributed by atoms with Crippen molar-refractivity contribution in [2.45, 2.75) is 68.8 Å². The summed E-state index contributed by atoms with van der Waals surface area (Å²) < 4.78 is 0. The first-order chi connectivity index (χ1) is 7.29. The molecule has 2 aliphatic rings. The first-order valence-electron chi connectivity index (χ1n) is 6.47. The van der Waals surface area contributed by atoms with Crippen molar-refractivity contribution in [2.24, 2.45) is 5.92 Å². The van der Waals surface area contributed by atoms with Gasteiger partial charge in [0.15, 0.2) is 0 Å². The van der Waals surface area contributed by atoms with E-state index in [2.05, 4.69) is 18.7 Å². The van der Waals surface area contributed by atoms with E-state index in [0.29, 0.717) is 11.7 Å². The maximum absolute atomic E-state index is 12.0. The molecule has 2 rings (SSSR count). The highest BCUT2D eigenvalue weighted by Crippen LogP contribution is 2.46. The van der Waals surface area contributed by atoms with Crippen LogP contribution in [-0.2, 0) is 4.79 Å². The molecule has 0 amide bonds. The van der Waals surface area contributed by atoms with Crippen LogP contribution in [0, 0.1) is 5.92 Å². The molecule has 2 unspecified atom stereocenters. The van der Waals surface area contributed by atoms with Gasteiger partial charge in [0.05, 0.1) is 0 Å². The van der Waals surface area contributed by atoms with E-state index in [9.17, 15) is 4.79 Å². The van der Waals surface area contributed by atoms with Crippen LogP contribution < -0.4 is 0 Å². The van der Waals surface area contributed by atoms with Crippen molar-refractivity contribution >= 4 is 17.5 Å². The maximum Gasteiger partial charge on any atom is 0.136 e. The average Bonchev–Trinajstić information content (AvgIpc) is 2.58. The van der Waals surface area contributed by atoms with E-state index < -0.39 is 0 Å². The third kappa shape index (κ3) is 2.99. The highest BCUT2D eigenvalue weighted by molar-refractivity contribution is 8.00. The number of ketones is 1. The lowest BCUT2D eigenvalue weighted by atomic mass is 9.91. The molecule has 2 fully saturated rings. The van der Waals surface area contributed by atoms with E-state index in [1.165, 1.54) is 38.5 Å². The number of thioether (sulfide) groups is 1. The van der Waals surface area contributed by atoms with Gasteiger partial charge in [0.1, 0.15) is 5.78 Å². The van der Waals surface area contributed by atoms with Crippen LogP contribution >= 0.6 is 11.8 Å². The van der Waals surface area contributed by atoms with Gasteiger partial charge in [-0.1, -0.05) is 19.8 Å². The van der Waals surface area contributed by atoms with Crippen LogP contribution in [-0.4, -0.2) is 16.3 Å². The number of rotatable bonds is 5. The number of unbranched alkanes of at least 4 members (excludes halogenated alkanes) is 2. The van der Waals surface area contributed by atoms with E-state index >= 15 is 0 Å². The third-order valence-electron chi connectivity index (χ3n) is 3.77. The molecule has 0 radical (unpaired) electrons. The maximum atomic E-state index is 12.0. The fourth-order valence-corrected chi connectivity index (χ4v) is 4.65. The minimum absolute atomic E-state index is 0.431. The Bertz CT molecular complexity index is 215. The van der Waals surface area contributed by atoms with Crippen molar-refractivity contribution in [2.75, 3.05) is 0 Å². The molecule has 2 bridgehead atoms. The normalized spacial score (nSPS) is 34.3. The third-order valence-corrected chi connectivity index (χ3v) is 5.40. The summed E-state index contributed by atoms with van der Waals surface area (Å²) in [7, 11) is 0. The minimum Gasteiger partial charge on any atom is -0.299 e. The number of hydrogen-bond donors (Lipinski definition) is 0. The lowest BCUT2D eigenvalue weighted by molar-refractivity contribution is -0.123. The van der Waals surface area contributed by atoms with E-state index in [0.717, 1.165) is 23.3 Å². The van der Waals surface area contributed by atoms with Crippen LogP contribution in [0.2, 0.25) is 0 Å². The quantitative estimate of drug-likeness (QED) is 0.663. The fourth-order valence-electron chi connectivity index (χ4n) is 2.87. The SMILES string of the molecule is CCCCCC(=O)C1CC2CCC(C1)S2. The molecule has 2 aliphatic heterocycles. The second kappa shape index (κ2) is 5.38. The van der Waals surface area contributed by atoms with Gasteiger partial charge in [-0.3, -0.25) is 4.79 Å². The monoisotopic (exact) mass is 226 g/mol. The first kappa shape index (κ1) is 11.5. The van der Waals surface area contributed by atoms with Gasteiger partial charge in [0, 0.05) is 22.8 Å². The molecule has 0 aromatic carbocycles. The Hall–Kier alpha value is 0.0200. The summed E-state index contributed by atoms with van der Waals surface area (Å²) in [6.45, 7) is 2.20. The molecule has 2 heterocycles. The smallest absolute Gasteiger partial charge is 0.136 e. The van der Waals surface area contributed by atoms with Crippen molar-refractivity contribution in [3.05, 3.63) is 0 Å². The summed E-state index contributed by atoms with van der Waals surface area (Å²) in [6.07, 6.45) is 9.52. The highest BCUT2D eigenvalue weighted by Gasteiger charge is 2.37. The molecule has 0 N–H and O–H groups in total. The van der Waals surface area contributed by atoms with Gasteiger partial charge in [-0.05, 0) is 32.1 Å². The molecular formula is C13H22OS. The molecule has 0 aromatic rings. The summed E-state index contributed by atoms with van der Waals surface area (Å²) in [5.74, 6) is 1.00. The predicted octanol–water partition coefficient (Wildman–Crippen LogP) is 3.81. The number of carbonyl (C=O) groups excluding carboxylic acids is 1. The molecule has 1 nitrogen and oxygen atoms in total. The molecule has 2 saturated heterocycles. The van der Waals surface area contributed by atoms with Crippen LogP contribution in [0.4, 0.5) is 0 Å². The van der Waals surface area contributed by atoms with Crippen LogP contribution in [0.25, 0.3) is 0 Å². The zero-order valence-corrected chi connectivity index (χ0v) is 10.5. The molecule has 0 aromatic heterocycles. The average molecular weight is 226 g/mol. The van der Waals surface area contributed by atoms with Gasteiger partial charge in [0.2, 0.25) is 0 Å². The number of hydrogen-bond acceptors (Lipinski definition) is 2. The molecular weight excluding hydrogens is 204 g/mol. The Morgan fingerprint density at radius 2 is 1.87 bits per heavy atom.